The number of aromatic nitrogens is 2. The highest BCUT2D eigenvalue weighted by molar-refractivity contribution is 5.82. The summed E-state index contributed by atoms with van der Waals surface area (Å²) < 4.78 is 4.49. The van der Waals surface area contributed by atoms with Crippen molar-refractivity contribution in [3.05, 3.63) is 27.9 Å². The molecule has 1 amide bonds. The van der Waals surface area contributed by atoms with Gasteiger partial charge in [-0.05, 0) is 26.7 Å². The van der Waals surface area contributed by atoms with Gasteiger partial charge >= 0.3 is 5.97 Å². The number of esters is 1. The fourth-order valence-corrected chi connectivity index (χ4v) is 2.84. The number of ether oxygens (including phenoxy) is 1. The molecule has 0 unspecified atom stereocenters. The normalized spacial score (nSPS) is 14.8. The van der Waals surface area contributed by atoms with Crippen molar-refractivity contribution in [1.29, 1.82) is 0 Å². The van der Waals surface area contributed by atoms with Crippen LogP contribution < -0.4 is 10.9 Å². The van der Waals surface area contributed by atoms with Crippen molar-refractivity contribution in [1.82, 2.24) is 15.3 Å². The third-order valence-corrected chi connectivity index (χ3v) is 4.51. The standard InChI is InChI=1S/C20H31N3O9/c1-3-32-20(31)18(29)16(27)15(26)17(28)19(30)21-8-6-4-5-7-12(24)10-13-22-11(2)9-14(25)23-13/h9,15-18,26-29H,3-8,10H2,1-2H3,(H,21,30)(H,22,23,25)/t15-,16+,17+,18-/m0/s1. The van der Waals surface area contributed by atoms with Gasteiger partial charge in [0.05, 0.1) is 13.0 Å². The van der Waals surface area contributed by atoms with Gasteiger partial charge in [-0.2, -0.15) is 0 Å². The minimum Gasteiger partial charge on any atom is -0.464 e. The number of aliphatic hydroxyl groups is 4. The Kier molecular flexibility index (Phi) is 11.7. The second-order valence-corrected chi connectivity index (χ2v) is 7.27. The number of nitrogens with one attached hydrogen (secondary N) is 2. The van der Waals surface area contributed by atoms with Gasteiger partial charge in [0.25, 0.3) is 11.5 Å². The summed E-state index contributed by atoms with van der Waals surface area (Å²) in [6.45, 7) is 3.22. The predicted molar refractivity (Wildman–Crippen MR) is 110 cm³/mol. The number of rotatable bonds is 14. The lowest BCUT2D eigenvalue weighted by atomic mass is 10.0. The van der Waals surface area contributed by atoms with Crippen LogP contribution in [0.3, 0.4) is 0 Å². The minimum atomic E-state index is -2.11. The monoisotopic (exact) mass is 457 g/mol. The molecule has 0 saturated heterocycles. The van der Waals surface area contributed by atoms with Crippen LogP contribution in [0.1, 0.15) is 44.1 Å². The molecular weight excluding hydrogens is 426 g/mol. The van der Waals surface area contributed by atoms with E-state index in [4.69, 9.17) is 0 Å². The van der Waals surface area contributed by atoms with Crippen molar-refractivity contribution in [3.63, 3.8) is 0 Å². The quantitative estimate of drug-likeness (QED) is 0.132. The first-order valence-electron chi connectivity index (χ1n) is 10.3. The topological polar surface area (TPSA) is 199 Å². The van der Waals surface area contributed by atoms with Crippen LogP contribution in [0.4, 0.5) is 0 Å². The Morgan fingerprint density at radius 3 is 2.38 bits per heavy atom. The molecule has 0 saturated carbocycles. The number of amides is 1. The highest BCUT2D eigenvalue weighted by Gasteiger charge is 2.37. The van der Waals surface area contributed by atoms with E-state index < -0.39 is 36.3 Å². The van der Waals surface area contributed by atoms with Gasteiger partial charge in [0.1, 0.15) is 23.8 Å². The van der Waals surface area contributed by atoms with Crippen molar-refractivity contribution >= 4 is 17.7 Å². The van der Waals surface area contributed by atoms with Gasteiger partial charge in [0, 0.05) is 24.7 Å². The number of aryl methyl sites for hydroxylation is 1. The molecule has 0 aliphatic carbocycles. The Balaban J connectivity index is 2.28. The van der Waals surface area contributed by atoms with E-state index in [1.807, 2.05) is 0 Å². The third-order valence-electron chi connectivity index (χ3n) is 4.51. The maximum absolute atomic E-state index is 12.0. The van der Waals surface area contributed by atoms with Crippen LogP contribution >= 0.6 is 0 Å². The lowest BCUT2D eigenvalue weighted by Gasteiger charge is -2.24. The van der Waals surface area contributed by atoms with Crippen molar-refractivity contribution in [3.8, 4) is 0 Å². The fourth-order valence-electron chi connectivity index (χ4n) is 2.84. The number of nitrogens with zero attached hydrogens (tertiary/aromatic N) is 1. The minimum absolute atomic E-state index is 0.0255. The van der Waals surface area contributed by atoms with Gasteiger partial charge < -0.3 is 35.5 Å². The number of carbonyl (C=O) groups is 3. The summed E-state index contributed by atoms with van der Waals surface area (Å²) >= 11 is 0. The molecule has 0 bridgehead atoms. The molecule has 0 radical (unpaired) electrons. The summed E-state index contributed by atoms with van der Waals surface area (Å²) in [6, 6.07) is 1.33. The SMILES string of the molecule is CCOC(=O)[C@@H](O)[C@H](O)[C@H](O)[C@@H](O)C(=O)NCCCCCC(=O)Cc1nc(C)cc(=O)[nH]1. The number of H-pyrrole nitrogens is 1. The van der Waals surface area contributed by atoms with Crippen molar-refractivity contribution in [2.45, 2.75) is 70.4 Å². The lowest BCUT2D eigenvalue weighted by molar-refractivity contribution is -0.171. The predicted octanol–water partition coefficient (Wildman–Crippen LogP) is -2.13. The first kappa shape index (κ1) is 27.4. The van der Waals surface area contributed by atoms with Crippen molar-refractivity contribution in [2.24, 2.45) is 0 Å². The second-order valence-electron chi connectivity index (χ2n) is 7.27. The van der Waals surface area contributed by atoms with E-state index in [-0.39, 0.29) is 37.3 Å². The zero-order chi connectivity index (χ0) is 24.3. The average Bonchev–Trinajstić information content (AvgIpc) is 2.73. The molecule has 0 spiro atoms. The summed E-state index contributed by atoms with van der Waals surface area (Å²) in [5.41, 5.74) is 0.216. The van der Waals surface area contributed by atoms with Gasteiger partial charge in [0.2, 0.25) is 0 Å². The van der Waals surface area contributed by atoms with Crippen LogP contribution in [-0.4, -0.2) is 85.6 Å². The second kappa shape index (κ2) is 13.7. The lowest BCUT2D eigenvalue weighted by Crippen LogP contribution is -2.53. The molecule has 1 rings (SSSR count). The zero-order valence-electron chi connectivity index (χ0n) is 18.1. The maximum atomic E-state index is 12.0. The van der Waals surface area contributed by atoms with Crippen molar-refractivity contribution < 1.29 is 39.5 Å². The fraction of sp³-hybridized carbons (Fsp3) is 0.650. The van der Waals surface area contributed by atoms with E-state index in [2.05, 4.69) is 20.0 Å². The number of hydrogen-bond acceptors (Lipinski definition) is 10. The largest absolute Gasteiger partial charge is 0.464 e. The number of Topliss-reactive ketones (excluding diaryl/α,β-unsaturated/α-hetero) is 1. The number of hydrogen-bond donors (Lipinski definition) is 6. The Labute approximate surface area is 184 Å². The van der Waals surface area contributed by atoms with Crippen LogP contribution in [0.15, 0.2) is 10.9 Å². The van der Waals surface area contributed by atoms with Gasteiger partial charge in [-0.3, -0.25) is 14.4 Å². The molecule has 32 heavy (non-hydrogen) atoms. The summed E-state index contributed by atoms with van der Waals surface area (Å²) in [4.78, 5) is 53.2. The number of unbranched alkanes of at least 4 members (excludes halogenated alkanes) is 2. The first-order valence-corrected chi connectivity index (χ1v) is 10.3. The van der Waals surface area contributed by atoms with Crippen LogP contribution in [-0.2, 0) is 25.5 Å². The Bertz CT molecular complexity index is 827. The van der Waals surface area contributed by atoms with Crippen LogP contribution in [0.25, 0.3) is 0 Å². The van der Waals surface area contributed by atoms with E-state index >= 15 is 0 Å². The van der Waals surface area contributed by atoms with E-state index in [0.29, 0.717) is 30.8 Å². The molecule has 180 valence electrons. The molecule has 12 nitrogen and oxygen atoms in total. The summed E-state index contributed by atoms with van der Waals surface area (Å²) in [5.74, 6) is -1.95. The van der Waals surface area contributed by atoms with E-state index in [1.165, 1.54) is 13.0 Å². The third kappa shape index (κ3) is 9.22. The molecule has 1 aromatic heterocycles. The zero-order valence-corrected chi connectivity index (χ0v) is 18.1. The van der Waals surface area contributed by atoms with E-state index in [9.17, 15) is 39.6 Å². The average molecular weight is 457 g/mol. The molecule has 0 fully saturated rings. The Hall–Kier alpha value is -2.67. The highest BCUT2D eigenvalue weighted by Crippen LogP contribution is 2.08. The summed E-state index contributed by atoms with van der Waals surface area (Å²) in [5, 5.41) is 41.3. The molecule has 12 heteroatoms. The first-order chi connectivity index (χ1) is 15.1. The highest BCUT2D eigenvalue weighted by atomic mass is 16.5. The molecule has 4 atom stereocenters. The molecule has 1 heterocycles. The van der Waals surface area contributed by atoms with Crippen LogP contribution in [0.5, 0.6) is 0 Å². The number of aliphatic hydroxyl groups excluding tert-OH is 4. The van der Waals surface area contributed by atoms with Crippen LogP contribution in [0, 0.1) is 6.92 Å². The van der Waals surface area contributed by atoms with Gasteiger partial charge in [-0.25, -0.2) is 9.78 Å². The van der Waals surface area contributed by atoms with Gasteiger partial charge in [-0.15, -0.1) is 0 Å². The Morgan fingerprint density at radius 1 is 1.09 bits per heavy atom. The van der Waals surface area contributed by atoms with E-state index in [0.717, 1.165) is 0 Å². The molecule has 0 aromatic carbocycles. The molecule has 0 aliphatic heterocycles. The number of ketones is 1. The molecule has 6 N–H and O–H groups in total. The summed E-state index contributed by atoms with van der Waals surface area (Å²) in [6.07, 6.45) is -6.49. The molecular formula is C20H31N3O9. The van der Waals surface area contributed by atoms with Gasteiger partial charge in [-0.1, -0.05) is 6.42 Å². The maximum Gasteiger partial charge on any atom is 0.337 e. The van der Waals surface area contributed by atoms with Gasteiger partial charge in [0.15, 0.2) is 12.2 Å². The Morgan fingerprint density at radius 2 is 1.75 bits per heavy atom. The van der Waals surface area contributed by atoms with E-state index in [1.54, 1.807) is 6.92 Å². The van der Waals surface area contributed by atoms with Crippen molar-refractivity contribution in [2.75, 3.05) is 13.2 Å². The summed E-state index contributed by atoms with van der Waals surface area (Å²) in [7, 11) is 0. The number of aromatic amines is 1. The molecule has 0 aliphatic rings. The smallest absolute Gasteiger partial charge is 0.337 e. The number of carbonyl (C=O) groups excluding carboxylic acids is 3. The van der Waals surface area contributed by atoms with Crippen LogP contribution in [0.2, 0.25) is 0 Å². The molecule has 1 aromatic rings.